The molecule has 23 heavy (non-hydrogen) atoms. The van der Waals surface area contributed by atoms with Crippen LogP contribution in [0.15, 0.2) is 33.8 Å². The molecule has 0 amide bonds. The van der Waals surface area contributed by atoms with E-state index in [1.54, 1.807) is 0 Å². The summed E-state index contributed by atoms with van der Waals surface area (Å²) in [5.74, 6) is -0.481. The first-order chi connectivity index (χ1) is 10.9. The molecule has 0 bridgehead atoms. The number of aromatic hydroxyl groups is 1. The van der Waals surface area contributed by atoms with Crippen LogP contribution in [0.4, 0.5) is 5.00 Å². The monoisotopic (exact) mass is 434 g/mol. The molecule has 0 aliphatic heterocycles. The van der Waals surface area contributed by atoms with E-state index in [1.165, 1.54) is 29.7 Å². The molecule has 1 aliphatic carbocycles. The second-order valence-electron chi connectivity index (χ2n) is 4.99. The standard InChI is InChI=1S/C14H12BrClN2O3S2/c15-9-5-10(16)13(19)11(6-9)23(20,21)18-12-7-17-14(22-12)8-3-1-2-4-8/h3,5-7,18-19H,1-2,4H2. The Morgan fingerprint density at radius 1 is 1.39 bits per heavy atom. The molecule has 1 aromatic heterocycles. The fraction of sp³-hybridized carbons (Fsp3) is 0.214. The fourth-order valence-electron chi connectivity index (χ4n) is 2.27. The summed E-state index contributed by atoms with van der Waals surface area (Å²) in [7, 11) is -3.96. The van der Waals surface area contributed by atoms with Crippen LogP contribution in [-0.2, 0) is 10.0 Å². The van der Waals surface area contributed by atoms with Gasteiger partial charge in [-0.1, -0.05) is 44.9 Å². The number of hydrogen-bond donors (Lipinski definition) is 2. The van der Waals surface area contributed by atoms with Gasteiger partial charge in [-0.15, -0.1) is 0 Å². The maximum Gasteiger partial charge on any atom is 0.266 e. The topological polar surface area (TPSA) is 79.3 Å². The number of nitrogens with zero attached hydrogens (tertiary/aromatic N) is 1. The maximum atomic E-state index is 12.5. The lowest BCUT2D eigenvalue weighted by Gasteiger charge is -2.09. The molecule has 1 aliphatic rings. The molecule has 0 saturated heterocycles. The van der Waals surface area contributed by atoms with E-state index in [1.807, 2.05) is 0 Å². The Kier molecular flexibility index (Phi) is 4.68. The summed E-state index contributed by atoms with van der Waals surface area (Å²) in [5, 5.41) is 11.1. The average Bonchev–Trinajstić information content (AvgIpc) is 3.12. The molecular weight excluding hydrogens is 424 g/mol. The molecule has 2 aromatic rings. The number of phenols is 1. The average molecular weight is 436 g/mol. The molecule has 1 aromatic carbocycles. The summed E-state index contributed by atoms with van der Waals surface area (Å²) in [6.07, 6.45) is 6.69. The minimum Gasteiger partial charge on any atom is -0.505 e. The van der Waals surface area contributed by atoms with Gasteiger partial charge in [0.05, 0.1) is 11.2 Å². The van der Waals surface area contributed by atoms with E-state index < -0.39 is 15.8 Å². The van der Waals surface area contributed by atoms with Crippen LogP contribution in [0.2, 0.25) is 5.02 Å². The van der Waals surface area contributed by atoms with Crippen LogP contribution in [0.5, 0.6) is 5.75 Å². The molecule has 1 heterocycles. The summed E-state index contributed by atoms with van der Waals surface area (Å²) in [6.45, 7) is 0. The molecule has 9 heteroatoms. The predicted octanol–water partition coefficient (Wildman–Crippen LogP) is 4.63. The molecule has 0 unspecified atom stereocenters. The molecule has 0 atom stereocenters. The highest BCUT2D eigenvalue weighted by Crippen LogP contribution is 2.37. The molecule has 0 spiro atoms. The SMILES string of the molecule is O=S(=O)(Nc1cnc(C2=CCCC2)s1)c1cc(Br)cc(Cl)c1O. The third kappa shape index (κ3) is 3.55. The number of anilines is 1. The van der Waals surface area contributed by atoms with Crippen LogP contribution >= 0.6 is 38.9 Å². The van der Waals surface area contributed by atoms with Crippen LogP contribution in [0.3, 0.4) is 0 Å². The van der Waals surface area contributed by atoms with Gasteiger partial charge in [-0.3, -0.25) is 4.72 Å². The molecule has 3 rings (SSSR count). The number of benzene rings is 1. The van der Waals surface area contributed by atoms with E-state index in [4.69, 9.17) is 11.6 Å². The first-order valence-electron chi connectivity index (χ1n) is 6.73. The van der Waals surface area contributed by atoms with Gasteiger partial charge in [0.2, 0.25) is 0 Å². The van der Waals surface area contributed by atoms with Crippen molar-refractivity contribution in [2.75, 3.05) is 4.72 Å². The number of rotatable bonds is 4. The summed E-state index contributed by atoms with van der Waals surface area (Å²) in [6, 6.07) is 2.72. The van der Waals surface area contributed by atoms with Crippen LogP contribution in [-0.4, -0.2) is 18.5 Å². The predicted molar refractivity (Wildman–Crippen MR) is 95.6 cm³/mol. The van der Waals surface area contributed by atoms with Crippen LogP contribution in [0, 0.1) is 0 Å². The zero-order valence-electron chi connectivity index (χ0n) is 11.7. The van der Waals surface area contributed by atoms with E-state index in [0.29, 0.717) is 9.47 Å². The minimum atomic E-state index is -3.96. The third-order valence-corrected chi connectivity index (χ3v) is 6.58. The van der Waals surface area contributed by atoms with Crippen LogP contribution in [0.1, 0.15) is 24.3 Å². The van der Waals surface area contributed by atoms with Crippen LogP contribution in [0.25, 0.3) is 5.57 Å². The smallest absolute Gasteiger partial charge is 0.266 e. The number of phenolic OH excluding ortho intramolecular Hbond substituents is 1. The minimum absolute atomic E-state index is 0.0409. The largest absolute Gasteiger partial charge is 0.505 e. The normalized spacial score (nSPS) is 14.8. The Hall–Kier alpha value is -1.09. The summed E-state index contributed by atoms with van der Waals surface area (Å²) < 4.78 is 27.8. The fourth-order valence-corrected chi connectivity index (χ4v) is 5.59. The number of thiazole rings is 1. The molecule has 0 saturated carbocycles. The lowest BCUT2D eigenvalue weighted by Crippen LogP contribution is -2.12. The number of halogens is 2. The zero-order chi connectivity index (χ0) is 16.6. The van der Waals surface area contributed by atoms with E-state index >= 15 is 0 Å². The first-order valence-corrected chi connectivity index (χ1v) is 10.2. The molecule has 122 valence electrons. The number of aromatic nitrogens is 1. The van der Waals surface area contributed by atoms with Gasteiger partial charge in [0.1, 0.15) is 14.9 Å². The Bertz CT molecular complexity index is 893. The van der Waals surface area contributed by atoms with Crippen molar-refractivity contribution in [3.8, 4) is 5.75 Å². The van der Waals surface area contributed by atoms with Crippen molar-refractivity contribution in [2.24, 2.45) is 0 Å². The van der Waals surface area contributed by atoms with Gasteiger partial charge in [-0.05, 0) is 37.0 Å². The van der Waals surface area contributed by atoms with Gasteiger partial charge >= 0.3 is 0 Å². The van der Waals surface area contributed by atoms with Gasteiger partial charge in [0.15, 0.2) is 5.75 Å². The second-order valence-corrected chi connectivity index (χ2v) is 9.00. The highest BCUT2D eigenvalue weighted by atomic mass is 79.9. The molecule has 0 radical (unpaired) electrons. The number of allylic oxidation sites excluding steroid dienone is 2. The summed E-state index contributed by atoms with van der Waals surface area (Å²) in [4.78, 5) is 3.97. The van der Waals surface area contributed by atoms with Crippen molar-refractivity contribution in [3.63, 3.8) is 0 Å². The molecular formula is C14H12BrClN2O3S2. The number of nitrogens with one attached hydrogen (secondary N) is 1. The Morgan fingerprint density at radius 3 is 2.87 bits per heavy atom. The van der Waals surface area contributed by atoms with Gasteiger partial charge < -0.3 is 5.11 Å². The number of hydrogen-bond acceptors (Lipinski definition) is 5. The quantitative estimate of drug-likeness (QED) is 0.733. The molecule has 2 N–H and O–H groups in total. The van der Waals surface area contributed by atoms with E-state index in [0.717, 1.165) is 29.8 Å². The second kappa shape index (κ2) is 6.43. The lowest BCUT2D eigenvalue weighted by atomic mass is 10.2. The third-order valence-electron chi connectivity index (χ3n) is 3.34. The summed E-state index contributed by atoms with van der Waals surface area (Å²) in [5.41, 5.74) is 1.15. The number of sulfonamides is 1. The van der Waals surface area contributed by atoms with Crippen molar-refractivity contribution in [1.82, 2.24) is 4.98 Å². The molecule has 0 fully saturated rings. The van der Waals surface area contributed by atoms with E-state index in [2.05, 4.69) is 31.7 Å². The van der Waals surface area contributed by atoms with Crippen molar-refractivity contribution in [3.05, 3.63) is 38.9 Å². The Morgan fingerprint density at radius 2 is 2.17 bits per heavy atom. The van der Waals surface area contributed by atoms with Crippen molar-refractivity contribution >= 4 is 59.5 Å². The van der Waals surface area contributed by atoms with Crippen molar-refractivity contribution < 1.29 is 13.5 Å². The molecule has 5 nitrogen and oxygen atoms in total. The first kappa shape index (κ1) is 16.8. The van der Waals surface area contributed by atoms with E-state index in [9.17, 15) is 13.5 Å². The zero-order valence-corrected chi connectivity index (χ0v) is 15.7. The highest BCUT2D eigenvalue weighted by molar-refractivity contribution is 9.10. The van der Waals surface area contributed by atoms with Crippen LogP contribution < -0.4 is 4.72 Å². The van der Waals surface area contributed by atoms with Gasteiger partial charge in [-0.2, -0.15) is 0 Å². The van der Waals surface area contributed by atoms with Crippen molar-refractivity contribution in [1.29, 1.82) is 0 Å². The van der Waals surface area contributed by atoms with Gasteiger partial charge in [0.25, 0.3) is 10.0 Å². The Balaban J connectivity index is 1.90. The lowest BCUT2D eigenvalue weighted by molar-refractivity contribution is 0.459. The Labute approximate surface area is 151 Å². The van der Waals surface area contributed by atoms with Gasteiger partial charge in [-0.25, -0.2) is 13.4 Å². The van der Waals surface area contributed by atoms with Crippen molar-refractivity contribution in [2.45, 2.75) is 24.2 Å². The summed E-state index contributed by atoms with van der Waals surface area (Å²) >= 11 is 10.3. The van der Waals surface area contributed by atoms with E-state index in [-0.39, 0.29) is 9.92 Å². The van der Waals surface area contributed by atoms with Gasteiger partial charge in [0, 0.05) is 4.47 Å². The highest BCUT2D eigenvalue weighted by Gasteiger charge is 2.23. The maximum absolute atomic E-state index is 12.5.